The van der Waals surface area contributed by atoms with Gasteiger partial charge >= 0.3 is 0 Å². The Labute approximate surface area is 137 Å². The molecule has 7 heteroatoms. The molecule has 126 valence electrons. The van der Waals surface area contributed by atoms with Crippen molar-refractivity contribution in [1.82, 2.24) is 19.1 Å². The van der Waals surface area contributed by atoms with Crippen molar-refractivity contribution >= 4 is 21.1 Å². The Kier molecular flexibility index (Phi) is 4.18. The molecule has 23 heavy (non-hydrogen) atoms. The van der Waals surface area contributed by atoms with Crippen LogP contribution in [0.2, 0.25) is 0 Å². The lowest BCUT2D eigenvalue weighted by Crippen LogP contribution is -2.41. The van der Waals surface area contributed by atoms with Gasteiger partial charge in [-0.05, 0) is 37.7 Å². The summed E-state index contributed by atoms with van der Waals surface area (Å²) in [7, 11) is -1.68. The molecular formula is C16H24N4O2S. The van der Waals surface area contributed by atoms with Gasteiger partial charge in [-0.2, -0.15) is 9.40 Å². The first-order valence-electron chi connectivity index (χ1n) is 8.10. The van der Waals surface area contributed by atoms with Gasteiger partial charge in [-0.25, -0.2) is 13.4 Å². The molecule has 1 unspecified atom stereocenters. The van der Waals surface area contributed by atoms with Crippen molar-refractivity contribution in [1.29, 1.82) is 0 Å². The van der Waals surface area contributed by atoms with Gasteiger partial charge in [-0.1, -0.05) is 13.8 Å². The van der Waals surface area contributed by atoms with Gasteiger partial charge in [0.2, 0.25) is 10.0 Å². The van der Waals surface area contributed by atoms with E-state index in [0.29, 0.717) is 30.6 Å². The van der Waals surface area contributed by atoms with Gasteiger partial charge in [-0.3, -0.25) is 4.68 Å². The van der Waals surface area contributed by atoms with Gasteiger partial charge in [0.25, 0.3) is 0 Å². The Balaban J connectivity index is 1.97. The van der Waals surface area contributed by atoms with Crippen LogP contribution >= 0.6 is 0 Å². The topological polar surface area (TPSA) is 68.1 Å². The third-order valence-corrected chi connectivity index (χ3v) is 6.67. The summed E-state index contributed by atoms with van der Waals surface area (Å²) in [5, 5.41) is 5.10. The zero-order valence-corrected chi connectivity index (χ0v) is 15.0. The van der Waals surface area contributed by atoms with Crippen LogP contribution in [0.5, 0.6) is 0 Å². The summed E-state index contributed by atoms with van der Waals surface area (Å²) in [4.78, 5) is 4.58. The lowest BCUT2D eigenvalue weighted by Gasteiger charge is -2.33. The summed E-state index contributed by atoms with van der Waals surface area (Å²) in [6.45, 7) is 7.39. The molecule has 0 radical (unpaired) electrons. The first-order chi connectivity index (χ1) is 10.8. The van der Waals surface area contributed by atoms with E-state index < -0.39 is 10.0 Å². The Morgan fingerprint density at radius 3 is 2.78 bits per heavy atom. The van der Waals surface area contributed by atoms with E-state index in [1.165, 1.54) is 6.20 Å². The van der Waals surface area contributed by atoms with Crippen molar-refractivity contribution in [2.75, 3.05) is 13.1 Å². The monoisotopic (exact) mass is 336 g/mol. The summed E-state index contributed by atoms with van der Waals surface area (Å²) in [5.74, 6) is 0.921. The predicted molar refractivity (Wildman–Crippen MR) is 89.6 cm³/mol. The van der Waals surface area contributed by atoms with Gasteiger partial charge in [0.1, 0.15) is 4.90 Å². The highest BCUT2D eigenvalue weighted by atomic mass is 32.2. The zero-order valence-electron chi connectivity index (χ0n) is 14.2. The van der Waals surface area contributed by atoms with Crippen LogP contribution in [0.4, 0.5) is 0 Å². The third-order valence-electron chi connectivity index (χ3n) is 4.84. The van der Waals surface area contributed by atoms with E-state index in [4.69, 9.17) is 0 Å². The number of pyridine rings is 1. The molecule has 0 spiro atoms. The summed E-state index contributed by atoms with van der Waals surface area (Å²) in [6, 6.07) is 1.71. The number of hydrogen-bond donors (Lipinski definition) is 0. The Morgan fingerprint density at radius 2 is 2.09 bits per heavy atom. The molecule has 0 aliphatic carbocycles. The fourth-order valence-corrected chi connectivity index (χ4v) is 4.82. The van der Waals surface area contributed by atoms with Crippen LogP contribution in [0, 0.1) is 18.8 Å². The first kappa shape index (κ1) is 16.4. The normalized spacial score (nSPS) is 20.5. The van der Waals surface area contributed by atoms with Crippen LogP contribution in [0.1, 0.15) is 32.4 Å². The highest BCUT2D eigenvalue weighted by Crippen LogP contribution is 2.28. The molecule has 0 aromatic carbocycles. The van der Waals surface area contributed by atoms with Crippen LogP contribution < -0.4 is 0 Å². The number of aromatic nitrogens is 3. The molecule has 0 bridgehead atoms. The minimum Gasteiger partial charge on any atom is -0.250 e. The Morgan fingerprint density at radius 1 is 1.35 bits per heavy atom. The van der Waals surface area contributed by atoms with Gasteiger partial charge in [0, 0.05) is 31.7 Å². The van der Waals surface area contributed by atoms with Gasteiger partial charge < -0.3 is 0 Å². The van der Waals surface area contributed by atoms with E-state index >= 15 is 0 Å². The van der Waals surface area contributed by atoms with Crippen LogP contribution in [0.15, 0.2) is 17.2 Å². The molecule has 1 saturated heterocycles. The maximum absolute atomic E-state index is 13.0. The van der Waals surface area contributed by atoms with E-state index in [0.717, 1.165) is 23.9 Å². The maximum atomic E-state index is 13.0. The fraction of sp³-hybridized carbons (Fsp3) is 0.625. The van der Waals surface area contributed by atoms with Crippen LogP contribution in [-0.4, -0.2) is 40.6 Å². The highest BCUT2D eigenvalue weighted by Gasteiger charge is 2.32. The summed E-state index contributed by atoms with van der Waals surface area (Å²) >= 11 is 0. The van der Waals surface area contributed by atoms with Crippen molar-refractivity contribution in [2.45, 2.75) is 38.5 Å². The second kappa shape index (κ2) is 5.87. The van der Waals surface area contributed by atoms with Crippen molar-refractivity contribution in [2.24, 2.45) is 18.9 Å². The zero-order chi connectivity index (χ0) is 16.8. The number of rotatable bonds is 3. The van der Waals surface area contributed by atoms with Crippen molar-refractivity contribution < 1.29 is 8.42 Å². The van der Waals surface area contributed by atoms with Crippen LogP contribution in [0.3, 0.4) is 0 Å². The van der Waals surface area contributed by atoms with Crippen LogP contribution in [0.25, 0.3) is 11.0 Å². The molecule has 3 heterocycles. The van der Waals surface area contributed by atoms with Crippen molar-refractivity contribution in [3.05, 3.63) is 18.0 Å². The highest BCUT2D eigenvalue weighted by molar-refractivity contribution is 7.89. The SMILES string of the molecule is Cc1nn(C)c2ncc(S(=O)(=O)N3CCCC(C(C)C)C3)cc12. The van der Waals surface area contributed by atoms with Crippen LogP contribution in [-0.2, 0) is 17.1 Å². The number of sulfonamides is 1. The molecule has 0 saturated carbocycles. The van der Waals surface area contributed by atoms with Gasteiger partial charge in [0.15, 0.2) is 5.65 Å². The molecule has 1 fully saturated rings. The average molecular weight is 336 g/mol. The number of piperidine rings is 1. The minimum absolute atomic E-state index is 0.269. The summed E-state index contributed by atoms with van der Waals surface area (Å²) in [6.07, 6.45) is 3.48. The smallest absolute Gasteiger partial charge is 0.244 e. The molecule has 2 aromatic rings. The van der Waals surface area contributed by atoms with Crippen molar-refractivity contribution in [3.8, 4) is 0 Å². The lowest BCUT2D eigenvalue weighted by molar-refractivity contribution is 0.219. The number of fused-ring (bicyclic) bond motifs is 1. The van der Waals surface area contributed by atoms with E-state index in [1.54, 1.807) is 15.1 Å². The molecule has 1 aliphatic heterocycles. The lowest BCUT2D eigenvalue weighted by atomic mass is 9.89. The van der Waals surface area contributed by atoms with Gasteiger partial charge in [-0.15, -0.1) is 0 Å². The number of aryl methyl sites for hydroxylation is 2. The predicted octanol–water partition coefficient (Wildman–Crippen LogP) is 2.33. The molecule has 1 aliphatic rings. The molecule has 0 amide bonds. The van der Waals surface area contributed by atoms with E-state index in [-0.39, 0.29) is 4.90 Å². The second-order valence-corrected chi connectivity index (χ2v) is 8.70. The molecule has 0 N–H and O–H groups in total. The van der Waals surface area contributed by atoms with E-state index in [2.05, 4.69) is 23.9 Å². The quantitative estimate of drug-likeness (QED) is 0.863. The number of hydrogen-bond acceptors (Lipinski definition) is 4. The fourth-order valence-electron chi connectivity index (χ4n) is 3.32. The Bertz CT molecular complexity index is 826. The summed E-state index contributed by atoms with van der Waals surface area (Å²) in [5.41, 5.74) is 1.51. The average Bonchev–Trinajstić information content (AvgIpc) is 2.81. The molecular weight excluding hydrogens is 312 g/mol. The maximum Gasteiger partial charge on any atom is 0.244 e. The van der Waals surface area contributed by atoms with E-state index in [1.807, 2.05) is 14.0 Å². The summed E-state index contributed by atoms with van der Waals surface area (Å²) < 4.78 is 29.2. The van der Waals surface area contributed by atoms with E-state index in [9.17, 15) is 8.42 Å². The minimum atomic E-state index is -3.49. The molecule has 3 rings (SSSR count). The first-order valence-corrected chi connectivity index (χ1v) is 9.54. The largest absolute Gasteiger partial charge is 0.250 e. The van der Waals surface area contributed by atoms with Crippen molar-refractivity contribution in [3.63, 3.8) is 0 Å². The Hall–Kier alpha value is -1.47. The molecule has 1 atom stereocenters. The molecule has 6 nitrogen and oxygen atoms in total. The second-order valence-electron chi connectivity index (χ2n) is 6.76. The number of nitrogens with zero attached hydrogens (tertiary/aromatic N) is 4. The molecule has 2 aromatic heterocycles. The van der Waals surface area contributed by atoms with Gasteiger partial charge in [0.05, 0.1) is 5.69 Å². The third kappa shape index (κ3) is 2.87. The standard InChI is InChI=1S/C16H24N4O2S/c1-11(2)13-6-5-7-20(10-13)23(21,22)14-8-15-12(3)18-19(4)16(15)17-9-14/h8-9,11,13H,5-7,10H2,1-4H3.